The van der Waals surface area contributed by atoms with Gasteiger partial charge in [0.15, 0.2) is 0 Å². The van der Waals surface area contributed by atoms with Crippen LogP contribution in [0.4, 0.5) is 0 Å². The predicted molar refractivity (Wildman–Crippen MR) is 94.1 cm³/mol. The van der Waals surface area contributed by atoms with E-state index in [1.165, 1.54) is 0 Å². The Morgan fingerprint density at radius 2 is 1.60 bits per heavy atom. The number of carbonyl (C=O) groups excluding carboxylic acids is 1. The lowest BCUT2D eigenvalue weighted by atomic mass is 9.94. The second-order valence-electron chi connectivity index (χ2n) is 6.35. The van der Waals surface area contributed by atoms with Gasteiger partial charge in [0, 0.05) is 5.92 Å². The maximum absolute atomic E-state index is 12.3. The molecule has 2 aromatic carbocycles. The largest absolute Gasteiger partial charge is 0.479 e. The fourth-order valence-corrected chi connectivity index (χ4v) is 3.42. The van der Waals surface area contributed by atoms with Crippen LogP contribution in [0.25, 0.3) is 11.1 Å². The van der Waals surface area contributed by atoms with Crippen molar-refractivity contribution in [3.05, 3.63) is 59.7 Å². The van der Waals surface area contributed by atoms with Gasteiger partial charge in [0.1, 0.15) is 6.61 Å². The van der Waals surface area contributed by atoms with Crippen LogP contribution in [-0.4, -0.2) is 29.2 Å². The van der Waals surface area contributed by atoms with Crippen molar-refractivity contribution in [2.45, 2.75) is 31.2 Å². The third-order valence-corrected chi connectivity index (χ3v) is 4.73. The molecular formula is C20H21NO4. The van der Waals surface area contributed by atoms with Crippen LogP contribution in [0.15, 0.2) is 48.5 Å². The van der Waals surface area contributed by atoms with Crippen LogP contribution in [0.5, 0.6) is 0 Å². The van der Waals surface area contributed by atoms with Crippen LogP contribution in [0.2, 0.25) is 0 Å². The number of nitrogens with two attached hydrogens (primary N) is 1. The minimum atomic E-state index is -1.99. The van der Waals surface area contributed by atoms with Gasteiger partial charge in [0.05, 0.1) is 0 Å². The lowest BCUT2D eigenvalue weighted by Gasteiger charge is -2.23. The molecule has 3 rings (SSSR count). The highest BCUT2D eigenvalue weighted by atomic mass is 16.5. The molecule has 0 aromatic heterocycles. The summed E-state index contributed by atoms with van der Waals surface area (Å²) in [5, 5.41) is 9.32. The van der Waals surface area contributed by atoms with Crippen LogP contribution in [0, 0.1) is 0 Å². The fraction of sp³-hybridized carbons (Fsp3) is 0.300. The molecule has 0 unspecified atom stereocenters. The summed E-state index contributed by atoms with van der Waals surface area (Å²) in [6.45, 7) is 1.85. The molecule has 0 saturated carbocycles. The van der Waals surface area contributed by atoms with Crippen LogP contribution < -0.4 is 5.73 Å². The second kappa shape index (κ2) is 6.69. The summed E-state index contributed by atoms with van der Waals surface area (Å²) in [7, 11) is 0. The number of rotatable bonds is 6. The van der Waals surface area contributed by atoms with E-state index in [0.29, 0.717) is 6.42 Å². The molecule has 0 saturated heterocycles. The lowest BCUT2D eigenvalue weighted by molar-refractivity contribution is -0.161. The molecule has 2 aromatic rings. The summed E-state index contributed by atoms with van der Waals surface area (Å²) in [6.07, 6.45) is 0.520. The van der Waals surface area contributed by atoms with Gasteiger partial charge in [-0.15, -0.1) is 0 Å². The average molecular weight is 339 g/mol. The third-order valence-electron chi connectivity index (χ3n) is 4.73. The number of ether oxygens (including phenoxy) is 1. The zero-order chi connectivity index (χ0) is 18.0. The number of hydrogen-bond donors (Lipinski definition) is 2. The van der Waals surface area contributed by atoms with E-state index in [-0.39, 0.29) is 18.9 Å². The summed E-state index contributed by atoms with van der Waals surface area (Å²) in [5.74, 6) is -2.36. The van der Waals surface area contributed by atoms with Crippen molar-refractivity contribution in [3.63, 3.8) is 0 Å². The van der Waals surface area contributed by atoms with E-state index >= 15 is 0 Å². The van der Waals surface area contributed by atoms with E-state index in [0.717, 1.165) is 22.3 Å². The first-order chi connectivity index (χ1) is 12.0. The zero-order valence-electron chi connectivity index (χ0n) is 14.1. The summed E-state index contributed by atoms with van der Waals surface area (Å²) < 4.78 is 5.37. The number of hydrogen-bond acceptors (Lipinski definition) is 4. The Morgan fingerprint density at radius 1 is 1.08 bits per heavy atom. The molecule has 0 heterocycles. The van der Waals surface area contributed by atoms with Gasteiger partial charge in [-0.2, -0.15) is 0 Å². The number of benzene rings is 2. The van der Waals surface area contributed by atoms with Crippen LogP contribution in [-0.2, 0) is 14.3 Å². The molecule has 0 spiro atoms. The smallest absolute Gasteiger partial charge is 0.337 e. The third kappa shape index (κ3) is 2.91. The van der Waals surface area contributed by atoms with Crippen molar-refractivity contribution in [1.82, 2.24) is 0 Å². The highest BCUT2D eigenvalue weighted by molar-refractivity contribution is 6.03. The van der Waals surface area contributed by atoms with Crippen molar-refractivity contribution < 1.29 is 19.4 Å². The van der Waals surface area contributed by atoms with Gasteiger partial charge < -0.3 is 15.6 Å². The van der Waals surface area contributed by atoms with Gasteiger partial charge in [-0.1, -0.05) is 61.9 Å². The Morgan fingerprint density at radius 3 is 2.08 bits per heavy atom. The van der Waals surface area contributed by atoms with Gasteiger partial charge in [-0.3, -0.25) is 0 Å². The normalized spacial score (nSPS) is 15.1. The first-order valence-corrected chi connectivity index (χ1v) is 8.36. The molecule has 130 valence electrons. The Hall–Kier alpha value is -2.66. The van der Waals surface area contributed by atoms with Crippen molar-refractivity contribution >= 4 is 11.9 Å². The summed E-state index contributed by atoms with van der Waals surface area (Å²) in [6, 6.07) is 15.9. The first-order valence-electron chi connectivity index (χ1n) is 8.36. The van der Waals surface area contributed by atoms with Crippen molar-refractivity contribution in [3.8, 4) is 11.1 Å². The second-order valence-corrected chi connectivity index (χ2v) is 6.35. The zero-order valence-corrected chi connectivity index (χ0v) is 14.1. The number of esters is 1. The molecule has 0 aliphatic heterocycles. The summed E-state index contributed by atoms with van der Waals surface area (Å²) in [4.78, 5) is 23.8. The van der Waals surface area contributed by atoms with Crippen LogP contribution in [0.3, 0.4) is 0 Å². The van der Waals surface area contributed by atoms with Crippen LogP contribution >= 0.6 is 0 Å². The minimum Gasteiger partial charge on any atom is -0.479 e. The minimum absolute atomic E-state index is 0.0407. The van der Waals surface area contributed by atoms with E-state index in [9.17, 15) is 14.7 Å². The van der Waals surface area contributed by atoms with Gasteiger partial charge >= 0.3 is 11.9 Å². The maximum atomic E-state index is 12.3. The summed E-state index contributed by atoms with van der Waals surface area (Å²) >= 11 is 0. The van der Waals surface area contributed by atoms with E-state index in [1.807, 2.05) is 48.5 Å². The SMILES string of the molecule is CCC[C@](N)(C(=O)O)C(=O)OCC1c2ccccc2-c2ccccc21. The Bertz CT molecular complexity index is 771. The molecular weight excluding hydrogens is 318 g/mol. The molecule has 5 nitrogen and oxygen atoms in total. The van der Waals surface area contributed by atoms with Gasteiger partial charge in [0.2, 0.25) is 5.54 Å². The summed E-state index contributed by atoms with van der Waals surface area (Å²) in [5.41, 5.74) is 8.18. The highest BCUT2D eigenvalue weighted by Gasteiger charge is 2.43. The lowest BCUT2D eigenvalue weighted by Crippen LogP contribution is -2.55. The monoisotopic (exact) mass is 339 g/mol. The molecule has 1 aliphatic rings. The molecule has 0 fully saturated rings. The van der Waals surface area contributed by atoms with Crippen molar-refractivity contribution in [1.29, 1.82) is 0 Å². The Labute approximate surface area is 146 Å². The van der Waals surface area contributed by atoms with Gasteiger partial charge in [-0.25, -0.2) is 9.59 Å². The maximum Gasteiger partial charge on any atom is 0.337 e. The van der Waals surface area contributed by atoms with Gasteiger partial charge in [0.25, 0.3) is 0 Å². The standard InChI is InChI=1S/C20H21NO4/c1-2-11-20(21,18(22)23)19(24)25-12-17-15-9-5-3-7-13(15)14-8-4-6-10-16(14)17/h3-10,17H,2,11-12,21H2,1H3,(H,22,23)/t20-/m0/s1. The number of carboxylic acid groups (broad SMARTS) is 1. The van der Waals surface area contributed by atoms with Crippen molar-refractivity contribution in [2.24, 2.45) is 5.73 Å². The van der Waals surface area contributed by atoms with E-state index in [2.05, 4.69) is 0 Å². The van der Waals surface area contributed by atoms with E-state index < -0.39 is 17.5 Å². The number of aliphatic carboxylic acids is 1. The molecule has 0 bridgehead atoms. The Kier molecular flexibility index (Phi) is 4.59. The molecule has 0 radical (unpaired) electrons. The highest BCUT2D eigenvalue weighted by Crippen LogP contribution is 2.44. The number of carbonyl (C=O) groups is 2. The van der Waals surface area contributed by atoms with Crippen LogP contribution in [0.1, 0.15) is 36.8 Å². The quantitative estimate of drug-likeness (QED) is 0.624. The fourth-order valence-electron chi connectivity index (χ4n) is 3.42. The van der Waals surface area contributed by atoms with E-state index in [4.69, 9.17) is 10.5 Å². The molecule has 0 amide bonds. The molecule has 1 atom stereocenters. The predicted octanol–water partition coefficient (Wildman–Crippen LogP) is 2.92. The first kappa shape index (κ1) is 17.2. The number of carboxylic acids is 1. The number of fused-ring (bicyclic) bond motifs is 3. The average Bonchev–Trinajstić information content (AvgIpc) is 2.93. The molecule has 1 aliphatic carbocycles. The Balaban J connectivity index is 1.84. The van der Waals surface area contributed by atoms with Gasteiger partial charge in [-0.05, 0) is 28.7 Å². The molecule has 5 heteroatoms. The molecule has 3 N–H and O–H groups in total. The van der Waals surface area contributed by atoms with E-state index in [1.54, 1.807) is 6.92 Å². The van der Waals surface area contributed by atoms with Crippen molar-refractivity contribution in [2.75, 3.05) is 6.61 Å². The molecule has 25 heavy (non-hydrogen) atoms. The topological polar surface area (TPSA) is 89.6 Å².